The number of nitrogens with two attached hydrogens (primary N) is 1. The van der Waals surface area contributed by atoms with Crippen molar-refractivity contribution >= 4 is 23.4 Å². The summed E-state index contributed by atoms with van der Waals surface area (Å²) in [6, 6.07) is 9.52. The van der Waals surface area contributed by atoms with Crippen LogP contribution in [0.3, 0.4) is 0 Å². The minimum Gasteiger partial charge on any atom is -0.493 e. The zero-order chi connectivity index (χ0) is 23.5. The molecular weight excluding hydrogens is 447 g/mol. The van der Waals surface area contributed by atoms with Gasteiger partial charge >= 0.3 is 6.18 Å². The molecule has 0 aliphatic carbocycles. The maximum atomic E-state index is 12.9. The summed E-state index contributed by atoms with van der Waals surface area (Å²) in [5, 5.41) is 10.1. The Bertz CT molecular complexity index is 1120. The maximum absolute atomic E-state index is 12.9. The number of amides is 1. The number of nitrogens with one attached hydrogen (secondary N) is 1. The van der Waals surface area contributed by atoms with Gasteiger partial charge in [0.2, 0.25) is 11.1 Å². The Hall–Kier alpha value is -3.41. The van der Waals surface area contributed by atoms with Crippen LogP contribution in [-0.4, -0.2) is 40.3 Å². The topological polar surface area (TPSA) is 104 Å². The molecule has 1 aromatic heterocycles. The van der Waals surface area contributed by atoms with E-state index in [0.29, 0.717) is 22.9 Å². The van der Waals surface area contributed by atoms with Gasteiger partial charge in [-0.05, 0) is 43.3 Å². The number of nitrogen functional groups attached to an aromatic ring is 1. The van der Waals surface area contributed by atoms with Gasteiger partial charge in [0.25, 0.3) is 0 Å². The number of hydrogen-bond acceptors (Lipinski definition) is 7. The molecule has 0 spiro atoms. The third-order valence-electron chi connectivity index (χ3n) is 4.42. The summed E-state index contributed by atoms with van der Waals surface area (Å²) >= 11 is 1.01. The van der Waals surface area contributed by atoms with Crippen molar-refractivity contribution in [3.63, 3.8) is 0 Å². The lowest BCUT2D eigenvalue weighted by Gasteiger charge is -2.13. The van der Waals surface area contributed by atoms with E-state index in [2.05, 4.69) is 15.5 Å². The standard InChI is InChI=1S/C20H20F3N5O3S/c1-11(18(29)25-14-6-4-5-13(10-14)20(21,22)23)32-19-27-26-17(28(19)24)12-7-8-15(30-2)16(9-12)31-3/h4-11H,24H2,1-3H3,(H,25,29). The fraction of sp³-hybridized carbons (Fsp3) is 0.250. The summed E-state index contributed by atoms with van der Waals surface area (Å²) in [6.45, 7) is 1.58. The highest BCUT2D eigenvalue weighted by Gasteiger charge is 2.30. The van der Waals surface area contributed by atoms with E-state index >= 15 is 0 Å². The number of halogens is 3. The van der Waals surface area contributed by atoms with Gasteiger partial charge in [0.1, 0.15) is 0 Å². The highest BCUT2D eigenvalue weighted by atomic mass is 32.2. The van der Waals surface area contributed by atoms with Crippen molar-refractivity contribution in [2.24, 2.45) is 0 Å². The van der Waals surface area contributed by atoms with Gasteiger partial charge in [-0.15, -0.1) is 10.2 Å². The quantitative estimate of drug-likeness (QED) is 0.402. The Morgan fingerprint density at radius 3 is 2.50 bits per heavy atom. The first kappa shape index (κ1) is 23.3. The number of thioether (sulfide) groups is 1. The van der Waals surface area contributed by atoms with Crippen molar-refractivity contribution in [1.29, 1.82) is 0 Å². The highest BCUT2D eigenvalue weighted by molar-refractivity contribution is 8.00. The predicted octanol–water partition coefficient (Wildman–Crippen LogP) is 3.81. The van der Waals surface area contributed by atoms with Crippen molar-refractivity contribution in [2.45, 2.75) is 23.5 Å². The average Bonchev–Trinajstić information content (AvgIpc) is 3.12. The second kappa shape index (κ2) is 9.39. The van der Waals surface area contributed by atoms with Crippen LogP contribution < -0.4 is 20.6 Å². The van der Waals surface area contributed by atoms with Crippen molar-refractivity contribution in [1.82, 2.24) is 14.9 Å². The van der Waals surface area contributed by atoms with Crippen LogP contribution in [0.4, 0.5) is 18.9 Å². The van der Waals surface area contributed by atoms with Gasteiger partial charge < -0.3 is 20.6 Å². The van der Waals surface area contributed by atoms with E-state index in [0.717, 1.165) is 23.9 Å². The van der Waals surface area contributed by atoms with Crippen LogP contribution in [0.1, 0.15) is 12.5 Å². The average molecular weight is 467 g/mol. The first-order chi connectivity index (χ1) is 15.1. The monoisotopic (exact) mass is 467 g/mol. The van der Waals surface area contributed by atoms with Crippen molar-refractivity contribution in [3.8, 4) is 22.9 Å². The minimum absolute atomic E-state index is 0.0394. The number of rotatable bonds is 7. The number of nitrogens with zero attached hydrogens (tertiary/aromatic N) is 3. The smallest absolute Gasteiger partial charge is 0.416 e. The van der Waals surface area contributed by atoms with E-state index in [4.69, 9.17) is 15.3 Å². The molecule has 0 radical (unpaired) electrons. The van der Waals surface area contributed by atoms with Crippen molar-refractivity contribution in [3.05, 3.63) is 48.0 Å². The molecule has 0 fully saturated rings. The van der Waals surface area contributed by atoms with Crippen LogP contribution in [0.15, 0.2) is 47.6 Å². The Morgan fingerprint density at radius 2 is 1.84 bits per heavy atom. The zero-order valence-electron chi connectivity index (χ0n) is 17.3. The number of methoxy groups -OCH3 is 2. The van der Waals surface area contributed by atoms with Crippen LogP contribution >= 0.6 is 11.8 Å². The number of hydrogen-bond donors (Lipinski definition) is 2. The second-order valence-electron chi connectivity index (χ2n) is 6.57. The summed E-state index contributed by atoms with van der Waals surface area (Å²) in [5.74, 6) is 6.95. The zero-order valence-corrected chi connectivity index (χ0v) is 18.1. The first-order valence-electron chi connectivity index (χ1n) is 9.21. The van der Waals surface area contributed by atoms with Crippen LogP contribution in [0, 0.1) is 0 Å². The van der Waals surface area contributed by atoms with Crippen molar-refractivity contribution < 1.29 is 27.4 Å². The molecule has 0 saturated carbocycles. The minimum atomic E-state index is -4.50. The molecule has 0 aliphatic heterocycles. The lowest BCUT2D eigenvalue weighted by atomic mass is 10.2. The number of alkyl halides is 3. The third-order valence-corrected chi connectivity index (χ3v) is 5.47. The number of ether oxygens (including phenoxy) is 2. The number of aromatic nitrogens is 3. The molecule has 3 rings (SSSR count). The van der Waals surface area contributed by atoms with Crippen LogP contribution in [0.25, 0.3) is 11.4 Å². The van der Waals surface area contributed by atoms with Crippen molar-refractivity contribution in [2.75, 3.05) is 25.4 Å². The van der Waals surface area contributed by atoms with Crippen LogP contribution in [0.2, 0.25) is 0 Å². The molecule has 2 aromatic carbocycles. The van der Waals surface area contributed by atoms with Gasteiger partial charge in [-0.1, -0.05) is 17.8 Å². The van der Waals surface area contributed by atoms with E-state index in [-0.39, 0.29) is 10.8 Å². The normalized spacial score (nSPS) is 12.3. The lowest BCUT2D eigenvalue weighted by Crippen LogP contribution is -2.24. The molecule has 32 heavy (non-hydrogen) atoms. The lowest BCUT2D eigenvalue weighted by molar-refractivity contribution is -0.137. The van der Waals surface area contributed by atoms with Gasteiger partial charge in [-0.2, -0.15) is 13.2 Å². The van der Waals surface area contributed by atoms with Crippen LogP contribution in [-0.2, 0) is 11.0 Å². The Kier molecular flexibility index (Phi) is 6.82. The molecule has 1 atom stereocenters. The molecule has 8 nitrogen and oxygen atoms in total. The first-order valence-corrected chi connectivity index (χ1v) is 10.1. The van der Waals surface area contributed by atoms with Gasteiger partial charge in [0.05, 0.1) is 25.0 Å². The molecule has 170 valence electrons. The van der Waals surface area contributed by atoms with Crippen LogP contribution in [0.5, 0.6) is 11.5 Å². The fourth-order valence-corrected chi connectivity index (χ4v) is 3.53. The van der Waals surface area contributed by atoms with E-state index in [9.17, 15) is 18.0 Å². The Labute approximate surface area is 185 Å². The summed E-state index contributed by atoms with van der Waals surface area (Å²) in [6.07, 6.45) is -4.50. The molecule has 1 amide bonds. The molecule has 12 heteroatoms. The second-order valence-corrected chi connectivity index (χ2v) is 7.88. The molecule has 0 bridgehead atoms. The number of carbonyl (C=O) groups is 1. The SMILES string of the molecule is COc1ccc(-c2nnc(SC(C)C(=O)Nc3cccc(C(F)(F)F)c3)n2N)cc1OC. The Balaban J connectivity index is 1.73. The molecule has 3 N–H and O–H groups in total. The molecular formula is C20H20F3N5O3S. The van der Waals surface area contributed by atoms with E-state index in [1.807, 2.05) is 0 Å². The van der Waals surface area contributed by atoms with Gasteiger partial charge in [-0.3, -0.25) is 4.79 Å². The van der Waals surface area contributed by atoms with Gasteiger partial charge in [-0.25, -0.2) is 4.68 Å². The summed E-state index contributed by atoms with van der Waals surface area (Å²) in [4.78, 5) is 12.5. The van der Waals surface area contributed by atoms with E-state index < -0.39 is 22.9 Å². The summed E-state index contributed by atoms with van der Waals surface area (Å²) < 4.78 is 50.3. The van der Waals surface area contributed by atoms with Gasteiger partial charge in [0, 0.05) is 11.3 Å². The van der Waals surface area contributed by atoms with Gasteiger partial charge in [0.15, 0.2) is 17.3 Å². The predicted molar refractivity (Wildman–Crippen MR) is 114 cm³/mol. The molecule has 1 unspecified atom stereocenters. The summed E-state index contributed by atoms with van der Waals surface area (Å²) in [5.41, 5.74) is -0.194. The molecule has 0 saturated heterocycles. The number of anilines is 1. The third kappa shape index (κ3) is 5.07. The maximum Gasteiger partial charge on any atom is 0.416 e. The fourth-order valence-electron chi connectivity index (χ4n) is 2.76. The summed E-state index contributed by atoms with van der Waals surface area (Å²) in [7, 11) is 3.02. The number of benzene rings is 2. The molecule has 1 heterocycles. The highest BCUT2D eigenvalue weighted by Crippen LogP contribution is 2.33. The number of carbonyl (C=O) groups excluding carboxylic acids is 1. The van der Waals surface area contributed by atoms with E-state index in [1.54, 1.807) is 25.1 Å². The largest absolute Gasteiger partial charge is 0.493 e. The Morgan fingerprint density at radius 1 is 1.12 bits per heavy atom. The molecule has 0 aliphatic rings. The molecule has 3 aromatic rings. The van der Waals surface area contributed by atoms with E-state index in [1.165, 1.54) is 31.0 Å².